The van der Waals surface area contributed by atoms with E-state index in [0.717, 1.165) is 0 Å². The fourth-order valence-corrected chi connectivity index (χ4v) is 5.29. The number of aliphatic imine (C=N–C) groups is 1. The van der Waals surface area contributed by atoms with Crippen LogP contribution in [-0.2, 0) is 44.8 Å². The van der Waals surface area contributed by atoms with Gasteiger partial charge in [-0.3, -0.25) is 43.3 Å². The summed E-state index contributed by atoms with van der Waals surface area (Å²) < 4.78 is 0. The molecule has 1 heterocycles. The molecule has 0 aromatic heterocycles. The van der Waals surface area contributed by atoms with Gasteiger partial charge in [0.1, 0.15) is 29.9 Å². The van der Waals surface area contributed by atoms with Crippen molar-refractivity contribution in [1.29, 1.82) is 0 Å². The number of aromatic hydroxyl groups is 1. The number of phenolic OH excluding ortho intramolecular Hbond substituents is 1. The van der Waals surface area contributed by atoms with Crippen molar-refractivity contribution in [1.82, 2.24) is 37.2 Å². The molecule has 300 valence electrons. The number of carbonyl (C=O) groups excluding carboxylic acids is 7. The van der Waals surface area contributed by atoms with Gasteiger partial charge in [0.25, 0.3) is 0 Å². The van der Waals surface area contributed by atoms with E-state index >= 15 is 0 Å². The van der Waals surface area contributed by atoms with Gasteiger partial charge >= 0.3 is 5.97 Å². The van der Waals surface area contributed by atoms with Crippen LogP contribution in [0.15, 0.2) is 29.3 Å². The Morgan fingerprint density at radius 2 is 1.36 bits per heavy atom. The number of amides is 7. The molecule has 7 amide bonds. The molecule has 0 radical (unpaired) electrons. The van der Waals surface area contributed by atoms with Crippen LogP contribution < -0.4 is 48.7 Å². The van der Waals surface area contributed by atoms with Crippen molar-refractivity contribution in [2.24, 2.45) is 16.5 Å². The normalized spacial score (nSPS) is 19.4. The first-order valence-corrected chi connectivity index (χ1v) is 17.7. The smallest absolute Gasteiger partial charge is 0.305 e. The molecule has 4 atom stereocenters. The minimum atomic E-state index is -1.64. The predicted molar refractivity (Wildman–Crippen MR) is 197 cm³/mol. The second kappa shape index (κ2) is 24.0. The molecule has 0 bridgehead atoms. The van der Waals surface area contributed by atoms with Crippen LogP contribution in [-0.4, -0.2) is 114 Å². The van der Waals surface area contributed by atoms with Gasteiger partial charge in [0.2, 0.25) is 41.4 Å². The van der Waals surface area contributed by atoms with Gasteiger partial charge in [-0.1, -0.05) is 18.1 Å². The molecular formula is C35H50N10O10. The molecule has 55 heavy (non-hydrogen) atoms. The summed E-state index contributed by atoms with van der Waals surface area (Å²) in [5.74, 6) is -4.27. The molecule has 20 heteroatoms. The van der Waals surface area contributed by atoms with Gasteiger partial charge < -0.3 is 58.9 Å². The number of nitrogens with two attached hydrogens (primary N) is 2. The van der Waals surface area contributed by atoms with Gasteiger partial charge in [-0.05, 0) is 56.2 Å². The Morgan fingerprint density at radius 3 is 2.00 bits per heavy atom. The number of rotatable bonds is 18. The second-order valence-corrected chi connectivity index (χ2v) is 12.6. The van der Waals surface area contributed by atoms with Crippen molar-refractivity contribution in [2.45, 2.75) is 88.4 Å². The SMILES string of the molecule is C#CCNC(=O)CCCC(=O)NCCCC[C@@H]1NC(=O)[C@@H](Cc2ccc(O)cc2)NC(=O)[C@H](CC(=O)O)NC(=O)CNC(=O)[C@H](CCCN=C(N)N)NC1=O. The average molecular weight is 771 g/mol. The highest BCUT2D eigenvalue weighted by atomic mass is 16.4. The Kier molecular flexibility index (Phi) is 19.6. The van der Waals surface area contributed by atoms with Crippen LogP contribution in [0.2, 0.25) is 0 Å². The number of benzene rings is 1. The standard InChI is InChI=1S/C35H50N10O10/c1-2-15-38-27(47)9-5-10-28(48)39-16-4-3-7-24-32(53)43-23(8-6-17-40-35(36)37)31(52)41-20-29(49)42-26(19-30(50)51)34(55)45-25(33(54)44-24)18-21-11-13-22(46)14-12-21/h1,11-14,23-26,46H,3-10,15-20H2,(H,38,47)(H,39,48)(H,41,52)(H,42,49)(H,43,53)(H,44,54)(H,45,55)(H,50,51)(H4,36,37,40)/t23-,24-,25+,26-/m0/s1. The molecule has 0 saturated carbocycles. The molecule has 1 fully saturated rings. The Bertz CT molecular complexity index is 1590. The Hall–Kier alpha value is -6.39. The van der Waals surface area contributed by atoms with Gasteiger partial charge in [0.15, 0.2) is 5.96 Å². The zero-order valence-electron chi connectivity index (χ0n) is 30.4. The summed E-state index contributed by atoms with van der Waals surface area (Å²) in [6.07, 6.45) is 5.54. The number of nitrogens with one attached hydrogen (secondary N) is 7. The fourth-order valence-electron chi connectivity index (χ4n) is 5.29. The third-order valence-electron chi connectivity index (χ3n) is 8.11. The molecule has 1 aliphatic rings. The van der Waals surface area contributed by atoms with Crippen molar-refractivity contribution in [3.63, 3.8) is 0 Å². The van der Waals surface area contributed by atoms with Gasteiger partial charge in [-0.2, -0.15) is 0 Å². The summed E-state index contributed by atoms with van der Waals surface area (Å²) >= 11 is 0. The van der Waals surface area contributed by atoms with E-state index in [1.54, 1.807) is 0 Å². The molecule has 0 spiro atoms. The molecule has 1 aliphatic heterocycles. The van der Waals surface area contributed by atoms with Crippen LogP contribution in [0.3, 0.4) is 0 Å². The maximum absolute atomic E-state index is 13.9. The Morgan fingerprint density at radius 1 is 0.782 bits per heavy atom. The van der Waals surface area contributed by atoms with Gasteiger partial charge in [0, 0.05) is 32.4 Å². The highest BCUT2D eigenvalue weighted by molar-refractivity contribution is 5.98. The van der Waals surface area contributed by atoms with Crippen molar-refractivity contribution < 1.29 is 48.6 Å². The Balaban J connectivity index is 2.31. The quantitative estimate of drug-likeness (QED) is 0.0303. The van der Waals surface area contributed by atoms with E-state index in [1.807, 2.05) is 0 Å². The largest absolute Gasteiger partial charge is 0.508 e. The van der Waals surface area contributed by atoms with E-state index in [0.29, 0.717) is 24.8 Å². The third-order valence-corrected chi connectivity index (χ3v) is 8.11. The highest BCUT2D eigenvalue weighted by Crippen LogP contribution is 2.13. The third kappa shape index (κ3) is 18.3. The molecule has 0 unspecified atom stereocenters. The van der Waals surface area contributed by atoms with Crippen LogP contribution >= 0.6 is 0 Å². The number of guanidine groups is 1. The first-order chi connectivity index (χ1) is 26.2. The summed E-state index contributed by atoms with van der Waals surface area (Å²) in [4.78, 5) is 106. The zero-order valence-corrected chi connectivity index (χ0v) is 30.4. The van der Waals surface area contributed by atoms with Crippen molar-refractivity contribution in [3.8, 4) is 18.1 Å². The van der Waals surface area contributed by atoms with E-state index < -0.39 is 72.6 Å². The molecule has 1 aromatic rings. The van der Waals surface area contributed by atoms with E-state index in [4.69, 9.17) is 17.9 Å². The van der Waals surface area contributed by atoms with Gasteiger partial charge in [-0.25, -0.2) is 0 Å². The van der Waals surface area contributed by atoms with Crippen molar-refractivity contribution in [2.75, 3.05) is 26.2 Å². The summed E-state index contributed by atoms with van der Waals surface area (Å²) in [6, 6.07) is 0.182. The highest BCUT2D eigenvalue weighted by Gasteiger charge is 2.33. The number of aliphatic carboxylic acids is 1. The molecule has 1 aromatic carbocycles. The van der Waals surface area contributed by atoms with E-state index in [1.165, 1.54) is 24.3 Å². The number of hydrogen-bond acceptors (Lipinski definition) is 10. The monoisotopic (exact) mass is 770 g/mol. The van der Waals surface area contributed by atoms with Gasteiger partial charge in [0.05, 0.1) is 19.5 Å². The number of carboxylic acids is 1. The molecule has 20 nitrogen and oxygen atoms in total. The first-order valence-electron chi connectivity index (χ1n) is 17.7. The van der Waals surface area contributed by atoms with Crippen LogP contribution in [0, 0.1) is 12.3 Å². The minimum absolute atomic E-state index is 0.0133. The molecule has 0 aliphatic carbocycles. The van der Waals surface area contributed by atoms with E-state index in [9.17, 15) is 48.6 Å². The first kappa shape index (κ1) is 44.8. The number of hydrogen-bond donors (Lipinski definition) is 11. The fraction of sp³-hybridized carbons (Fsp3) is 0.514. The number of carboxylic acid groups (broad SMARTS) is 1. The predicted octanol–water partition coefficient (Wildman–Crippen LogP) is -3.26. The number of phenols is 1. The van der Waals surface area contributed by atoms with Crippen molar-refractivity contribution in [3.05, 3.63) is 29.8 Å². The summed E-state index contributed by atoms with van der Waals surface area (Å²) in [5, 5.41) is 36.8. The van der Waals surface area contributed by atoms with Crippen LogP contribution in [0.25, 0.3) is 0 Å². The van der Waals surface area contributed by atoms with E-state index in [-0.39, 0.29) is 81.7 Å². The lowest BCUT2D eigenvalue weighted by molar-refractivity contribution is -0.141. The van der Waals surface area contributed by atoms with E-state index in [2.05, 4.69) is 48.1 Å². The van der Waals surface area contributed by atoms with Crippen LogP contribution in [0.1, 0.15) is 63.4 Å². The lowest BCUT2D eigenvalue weighted by Crippen LogP contribution is -2.58. The molecule has 13 N–H and O–H groups in total. The second-order valence-electron chi connectivity index (χ2n) is 12.6. The molecular weight excluding hydrogens is 720 g/mol. The minimum Gasteiger partial charge on any atom is -0.508 e. The maximum Gasteiger partial charge on any atom is 0.305 e. The topological polar surface area (TPSA) is 326 Å². The van der Waals surface area contributed by atoms with Crippen LogP contribution in [0.4, 0.5) is 0 Å². The Labute approximate surface area is 317 Å². The number of terminal acetylenes is 1. The summed E-state index contributed by atoms with van der Waals surface area (Å²) in [6.45, 7) is -0.259. The van der Waals surface area contributed by atoms with Gasteiger partial charge in [-0.15, -0.1) is 6.42 Å². The number of unbranched alkanes of at least 4 members (excludes halogenated alkanes) is 1. The molecule has 1 saturated heterocycles. The van der Waals surface area contributed by atoms with Crippen LogP contribution in [0.5, 0.6) is 5.75 Å². The molecule has 2 rings (SSSR count). The lowest BCUT2D eigenvalue weighted by atomic mass is 10.0. The number of nitrogens with zero attached hydrogens (tertiary/aromatic N) is 1. The summed E-state index contributed by atoms with van der Waals surface area (Å²) in [5.41, 5.74) is 11.3. The number of carbonyl (C=O) groups is 8. The average Bonchev–Trinajstić information content (AvgIpc) is 3.13. The van der Waals surface area contributed by atoms with Crippen molar-refractivity contribution >= 4 is 53.3 Å². The maximum atomic E-state index is 13.9. The lowest BCUT2D eigenvalue weighted by Gasteiger charge is -2.26. The zero-order chi connectivity index (χ0) is 40.8. The summed E-state index contributed by atoms with van der Waals surface area (Å²) in [7, 11) is 0.